The summed E-state index contributed by atoms with van der Waals surface area (Å²) in [5, 5.41) is 0.522. The molecule has 4 heteroatoms. The van der Waals surface area contributed by atoms with Gasteiger partial charge >= 0.3 is 0 Å². The first-order valence-corrected chi connectivity index (χ1v) is 6.73. The highest BCUT2D eigenvalue weighted by Gasteiger charge is 2.05. The van der Waals surface area contributed by atoms with E-state index < -0.39 is 11.1 Å². The maximum atomic E-state index is 10.7. The highest BCUT2D eigenvalue weighted by molar-refractivity contribution is 7.78. The van der Waals surface area contributed by atoms with Crippen molar-refractivity contribution in [3.63, 3.8) is 0 Å². The van der Waals surface area contributed by atoms with Crippen LogP contribution in [0.15, 0.2) is 48.5 Å². The fraction of sp³-hybridized carbons (Fsp3) is 0.0769. The van der Waals surface area contributed by atoms with Crippen molar-refractivity contribution in [2.24, 2.45) is 0 Å². The van der Waals surface area contributed by atoms with Crippen molar-refractivity contribution in [3.8, 4) is 11.1 Å². The minimum absolute atomic E-state index is 0.0634. The van der Waals surface area contributed by atoms with Gasteiger partial charge in [-0.1, -0.05) is 54.1 Å². The first kappa shape index (κ1) is 12.3. The van der Waals surface area contributed by atoms with Gasteiger partial charge in [0.2, 0.25) is 0 Å². The van der Waals surface area contributed by atoms with Gasteiger partial charge in [0, 0.05) is 5.02 Å². The van der Waals surface area contributed by atoms with Gasteiger partial charge in [-0.05, 0) is 22.8 Å². The van der Waals surface area contributed by atoms with E-state index in [2.05, 4.69) is 0 Å². The minimum Gasteiger partial charge on any atom is -0.306 e. The van der Waals surface area contributed by atoms with E-state index in [0.717, 1.165) is 11.1 Å². The number of rotatable bonds is 3. The SMILES string of the molecule is O=S(O)Cc1ccc(-c2ccccc2)cc1Cl. The normalized spacial score (nSPS) is 12.4. The Bertz CT molecular complexity index is 540. The smallest absolute Gasteiger partial charge is 0.157 e. The van der Waals surface area contributed by atoms with Crippen LogP contribution in [-0.2, 0) is 16.8 Å². The molecule has 1 N–H and O–H groups in total. The highest BCUT2D eigenvalue weighted by atomic mass is 35.5. The van der Waals surface area contributed by atoms with Crippen LogP contribution in [0, 0.1) is 0 Å². The van der Waals surface area contributed by atoms with Crippen LogP contribution in [0.1, 0.15) is 5.56 Å². The Balaban J connectivity index is 2.34. The summed E-state index contributed by atoms with van der Waals surface area (Å²) in [4.78, 5) is 0. The van der Waals surface area contributed by atoms with Gasteiger partial charge in [-0.2, -0.15) is 0 Å². The molecule has 88 valence electrons. The van der Waals surface area contributed by atoms with E-state index in [1.807, 2.05) is 42.5 Å². The molecule has 2 aromatic rings. The number of benzene rings is 2. The molecule has 0 aliphatic carbocycles. The lowest BCUT2D eigenvalue weighted by molar-refractivity contribution is 0.563. The van der Waals surface area contributed by atoms with Gasteiger partial charge in [-0.15, -0.1) is 0 Å². The Labute approximate surface area is 108 Å². The van der Waals surface area contributed by atoms with Crippen LogP contribution in [0.5, 0.6) is 0 Å². The molecule has 0 aromatic heterocycles. The molecule has 2 nitrogen and oxygen atoms in total. The van der Waals surface area contributed by atoms with Crippen molar-refractivity contribution < 1.29 is 8.76 Å². The van der Waals surface area contributed by atoms with E-state index in [0.29, 0.717) is 10.6 Å². The summed E-state index contributed by atoms with van der Waals surface area (Å²) in [6, 6.07) is 15.4. The van der Waals surface area contributed by atoms with E-state index in [1.165, 1.54) is 0 Å². The van der Waals surface area contributed by atoms with Gasteiger partial charge in [0.15, 0.2) is 11.1 Å². The van der Waals surface area contributed by atoms with Crippen molar-refractivity contribution in [1.82, 2.24) is 0 Å². The second-order valence-corrected chi connectivity index (χ2v) is 4.98. The molecular formula is C13H11ClO2S. The summed E-state index contributed by atoms with van der Waals surface area (Å²) < 4.78 is 19.6. The lowest BCUT2D eigenvalue weighted by Gasteiger charge is -2.05. The predicted octanol–water partition coefficient (Wildman–Crippen LogP) is 3.73. The van der Waals surface area contributed by atoms with Crippen LogP contribution in [0.4, 0.5) is 0 Å². The van der Waals surface area contributed by atoms with E-state index in [9.17, 15) is 4.21 Å². The summed E-state index contributed by atoms with van der Waals surface area (Å²) in [5.41, 5.74) is 2.77. The molecule has 1 atom stereocenters. The first-order valence-electron chi connectivity index (χ1n) is 5.08. The van der Waals surface area contributed by atoms with Crippen molar-refractivity contribution in [3.05, 3.63) is 59.1 Å². The fourth-order valence-electron chi connectivity index (χ4n) is 1.61. The van der Waals surface area contributed by atoms with Crippen molar-refractivity contribution in [2.45, 2.75) is 5.75 Å². The van der Waals surface area contributed by atoms with E-state index in [1.54, 1.807) is 6.07 Å². The quantitative estimate of drug-likeness (QED) is 0.860. The third kappa shape index (κ3) is 3.16. The second kappa shape index (κ2) is 5.45. The molecule has 0 amide bonds. The van der Waals surface area contributed by atoms with Crippen molar-refractivity contribution in [1.29, 1.82) is 0 Å². The number of halogens is 1. The molecule has 17 heavy (non-hydrogen) atoms. The Morgan fingerprint density at radius 2 is 1.76 bits per heavy atom. The zero-order valence-corrected chi connectivity index (χ0v) is 10.5. The molecule has 0 bridgehead atoms. The van der Waals surface area contributed by atoms with Crippen LogP contribution < -0.4 is 0 Å². The molecule has 0 heterocycles. The number of hydrogen-bond acceptors (Lipinski definition) is 1. The topological polar surface area (TPSA) is 37.3 Å². The summed E-state index contributed by atoms with van der Waals surface area (Å²) in [5.74, 6) is 0.0634. The molecule has 1 unspecified atom stereocenters. The van der Waals surface area contributed by atoms with E-state index >= 15 is 0 Å². The van der Waals surface area contributed by atoms with Crippen molar-refractivity contribution in [2.75, 3.05) is 0 Å². The average molecular weight is 267 g/mol. The van der Waals surface area contributed by atoms with Crippen LogP contribution in [0.2, 0.25) is 5.02 Å². The van der Waals surface area contributed by atoms with Gasteiger partial charge in [-0.3, -0.25) is 0 Å². The molecule has 2 rings (SSSR count). The molecule has 0 aliphatic rings. The van der Waals surface area contributed by atoms with Gasteiger partial charge < -0.3 is 4.55 Å². The zero-order chi connectivity index (χ0) is 12.3. The first-order chi connectivity index (χ1) is 8.16. The van der Waals surface area contributed by atoms with Gasteiger partial charge in [0.1, 0.15) is 0 Å². The molecule has 2 aromatic carbocycles. The van der Waals surface area contributed by atoms with Crippen LogP contribution in [0.25, 0.3) is 11.1 Å². The molecule has 0 spiro atoms. The summed E-state index contributed by atoms with van der Waals surface area (Å²) in [7, 11) is 0. The monoisotopic (exact) mass is 266 g/mol. The Morgan fingerprint density at radius 1 is 1.06 bits per heavy atom. The van der Waals surface area contributed by atoms with Gasteiger partial charge in [0.25, 0.3) is 0 Å². The predicted molar refractivity (Wildman–Crippen MR) is 71.4 cm³/mol. The Kier molecular flexibility index (Phi) is 3.94. The zero-order valence-electron chi connectivity index (χ0n) is 8.97. The molecule has 0 radical (unpaired) electrons. The van der Waals surface area contributed by atoms with E-state index in [-0.39, 0.29) is 5.75 Å². The average Bonchev–Trinajstić information content (AvgIpc) is 2.32. The largest absolute Gasteiger partial charge is 0.306 e. The molecule has 0 fully saturated rings. The van der Waals surface area contributed by atoms with Crippen LogP contribution >= 0.6 is 11.6 Å². The Hall–Kier alpha value is -1.16. The fourth-order valence-corrected chi connectivity index (χ4v) is 2.45. The van der Waals surface area contributed by atoms with Crippen LogP contribution in [-0.4, -0.2) is 8.76 Å². The van der Waals surface area contributed by atoms with Crippen LogP contribution in [0.3, 0.4) is 0 Å². The third-order valence-electron chi connectivity index (χ3n) is 2.44. The lowest BCUT2D eigenvalue weighted by atomic mass is 10.0. The second-order valence-electron chi connectivity index (χ2n) is 3.64. The Morgan fingerprint density at radius 3 is 2.35 bits per heavy atom. The lowest BCUT2D eigenvalue weighted by Crippen LogP contribution is -1.94. The van der Waals surface area contributed by atoms with Gasteiger partial charge in [-0.25, -0.2) is 4.21 Å². The molecule has 0 saturated heterocycles. The standard InChI is InChI=1S/C13H11ClO2S/c14-13-8-11(10-4-2-1-3-5-10)6-7-12(13)9-17(15)16/h1-8H,9H2,(H,15,16). The molecule has 0 saturated carbocycles. The third-order valence-corrected chi connectivity index (χ3v) is 3.35. The van der Waals surface area contributed by atoms with E-state index in [4.69, 9.17) is 16.2 Å². The summed E-state index contributed by atoms with van der Waals surface area (Å²) >= 11 is 4.22. The maximum Gasteiger partial charge on any atom is 0.157 e. The highest BCUT2D eigenvalue weighted by Crippen LogP contribution is 2.26. The number of hydrogen-bond donors (Lipinski definition) is 1. The van der Waals surface area contributed by atoms with Crippen molar-refractivity contribution >= 4 is 22.7 Å². The molecule has 0 aliphatic heterocycles. The minimum atomic E-state index is -1.86. The summed E-state index contributed by atoms with van der Waals surface area (Å²) in [6.07, 6.45) is 0. The van der Waals surface area contributed by atoms with Gasteiger partial charge in [0.05, 0.1) is 5.75 Å². The maximum absolute atomic E-state index is 10.7. The summed E-state index contributed by atoms with van der Waals surface area (Å²) in [6.45, 7) is 0. The molecular weight excluding hydrogens is 256 g/mol.